The molecule has 0 saturated heterocycles. The molecule has 0 heterocycles. The molecule has 0 aromatic carbocycles. The molecule has 0 saturated carbocycles. The first-order valence-electron chi connectivity index (χ1n) is 1.84. The Labute approximate surface area is 222 Å². The summed E-state index contributed by atoms with van der Waals surface area (Å²) in [5.41, 5.74) is 0. The molecule has 0 aliphatic rings. The van der Waals surface area contributed by atoms with Crippen molar-refractivity contribution in [3.63, 3.8) is 0 Å². The van der Waals surface area contributed by atoms with Crippen LogP contribution in [0.5, 0.6) is 0 Å². The van der Waals surface area contributed by atoms with Gasteiger partial charge in [-0.05, 0) is 0 Å². The third kappa shape index (κ3) is 322. The zero-order valence-electron chi connectivity index (χ0n) is 7.67. The predicted molar refractivity (Wildman–Crippen MR) is 19.3 cm³/mol. The quantitative estimate of drug-likeness (QED) is 0.268. The van der Waals surface area contributed by atoms with E-state index in [9.17, 15) is 0 Å². The molecule has 0 bridgehead atoms. The van der Waals surface area contributed by atoms with Crippen LogP contribution in [0.3, 0.4) is 0 Å². The Morgan fingerprint density at radius 3 is 0.533 bits per heavy atom. The van der Waals surface area contributed by atoms with E-state index in [1.54, 1.807) is 0 Å². The smallest absolute Gasteiger partial charge is 0.672 e. The summed E-state index contributed by atoms with van der Waals surface area (Å²) in [7, 11) is -10.9. The summed E-state index contributed by atoms with van der Waals surface area (Å²) in [6, 6.07) is 0. The summed E-state index contributed by atoms with van der Waals surface area (Å²) in [5.74, 6) is 0. The third-order valence-electron chi connectivity index (χ3n) is 0. The maximum atomic E-state index is 8.52. The Kier molecular flexibility index (Phi) is 74.0. The summed E-state index contributed by atoms with van der Waals surface area (Å²) in [6.07, 6.45) is 0. The Morgan fingerprint density at radius 2 is 0.533 bits per heavy atom. The number of rotatable bonds is 0. The molecule has 15 heteroatoms. The fraction of sp³-hybridized carbons (Fsp3) is 0. The SMILES string of the molecule is O=[Si]([O-])[O-].O=[Si]([O-])[O-].O=[Si]([O-])[O-].[Cs+].[Cs+].[Ti+4]. The average Bonchev–Trinajstić information content (AvgIpc) is 1.54. The molecule has 9 nitrogen and oxygen atoms in total. The van der Waals surface area contributed by atoms with Crippen molar-refractivity contribution < 1.29 is 202 Å². The zero-order valence-corrected chi connectivity index (χ0v) is 24.8. The Morgan fingerprint density at radius 1 is 0.533 bits per heavy atom. The first-order chi connectivity index (χ1) is 5.20. The second-order valence-corrected chi connectivity index (χ2v) is 2.25. The molecular weight excluding hydrogens is 542 g/mol. The van der Waals surface area contributed by atoms with Gasteiger partial charge in [-0.2, -0.15) is 0 Å². The van der Waals surface area contributed by atoms with Crippen molar-refractivity contribution in [3.05, 3.63) is 0 Å². The van der Waals surface area contributed by atoms with E-state index in [1.165, 1.54) is 0 Å². The molecule has 15 heavy (non-hydrogen) atoms. The maximum absolute atomic E-state index is 8.52. The average molecular weight is 542 g/mol. The molecule has 0 atom stereocenters. The molecule has 0 radical (unpaired) electrons. The van der Waals surface area contributed by atoms with E-state index in [2.05, 4.69) is 0 Å². The van der Waals surface area contributed by atoms with Crippen LogP contribution >= 0.6 is 0 Å². The molecular formula is Cs2O9Si3Ti. The first kappa shape index (κ1) is 36.3. The predicted octanol–water partition coefficient (Wildman–Crippen LogP) is -14.6. The van der Waals surface area contributed by atoms with Gasteiger partial charge in [0.2, 0.25) is 0 Å². The monoisotopic (exact) mass is 542 g/mol. The molecule has 0 fully saturated rings. The van der Waals surface area contributed by atoms with Gasteiger partial charge in [-0.25, -0.2) is 0 Å². The van der Waals surface area contributed by atoms with Gasteiger partial charge in [0.25, 0.3) is 0 Å². The topological polar surface area (TPSA) is 190 Å². The van der Waals surface area contributed by atoms with E-state index in [1.807, 2.05) is 0 Å². The summed E-state index contributed by atoms with van der Waals surface area (Å²) in [5, 5.41) is 0. The molecule has 0 amide bonds. The Hall–Kier alpha value is 3.67. The van der Waals surface area contributed by atoms with Gasteiger partial charge in [0.1, 0.15) is 0 Å². The van der Waals surface area contributed by atoms with Crippen molar-refractivity contribution in [2.24, 2.45) is 0 Å². The molecule has 0 aromatic rings. The minimum atomic E-state index is -3.63. The fourth-order valence-corrected chi connectivity index (χ4v) is 0. The van der Waals surface area contributed by atoms with E-state index in [0.29, 0.717) is 0 Å². The van der Waals surface area contributed by atoms with Crippen molar-refractivity contribution in [1.29, 1.82) is 0 Å². The van der Waals surface area contributed by atoms with Gasteiger partial charge in [-0.15, -0.1) is 0 Å². The van der Waals surface area contributed by atoms with Crippen LogP contribution in [0.25, 0.3) is 0 Å². The zero-order chi connectivity index (χ0) is 10.7. The molecule has 0 N–H and O–H groups in total. The molecule has 0 aromatic heterocycles. The van der Waals surface area contributed by atoms with Crippen molar-refractivity contribution in [2.45, 2.75) is 0 Å². The maximum Gasteiger partial charge on any atom is 4.00 e. The van der Waals surface area contributed by atoms with Crippen LogP contribution in [0, 0.1) is 0 Å². The van der Waals surface area contributed by atoms with E-state index in [4.69, 9.17) is 42.2 Å². The molecule has 0 spiro atoms. The van der Waals surface area contributed by atoms with E-state index in [0.717, 1.165) is 0 Å². The van der Waals surface area contributed by atoms with Gasteiger partial charge < -0.3 is 42.2 Å². The van der Waals surface area contributed by atoms with Crippen molar-refractivity contribution >= 4 is 27.5 Å². The Balaban J connectivity index is -0.0000000184. The van der Waals surface area contributed by atoms with Crippen LogP contribution in [0.4, 0.5) is 0 Å². The van der Waals surface area contributed by atoms with E-state index < -0.39 is 27.5 Å². The summed E-state index contributed by atoms with van der Waals surface area (Å²) >= 11 is 0. The van der Waals surface area contributed by atoms with Gasteiger partial charge in [0.05, 0.1) is 0 Å². The largest absolute Gasteiger partial charge is 4.00 e. The normalized spacial score (nSPS) is 4.80. The minimum Gasteiger partial charge on any atom is -0.672 e. The van der Waals surface area contributed by atoms with Crippen LogP contribution < -0.4 is 167 Å². The third-order valence-corrected chi connectivity index (χ3v) is 0. The molecule has 72 valence electrons. The van der Waals surface area contributed by atoms with Crippen LogP contribution in [-0.4, -0.2) is 27.5 Å². The van der Waals surface area contributed by atoms with Crippen molar-refractivity contribution in [1.82, 2.24) is 0 Å². The molecule has 0 unspecified atom stereocenters. The van der Waals surface area contributed by atoms with Crippen LogP contribution in [0.1, 0.15) is 0 Å². The minimum absolute atomic E-state index is 0. The fourth-order valence-electron chi connectivity index (χ4n) is 0. The number of hydrogen-bond donors (Lipinski definition) is 0. The van der Waals surface area contributed by atoms with Gasteiger partial charge >= 0.3 is 160 Å². The standard InChI is InChI=1S/2Cs.3O3Si.Ti/c;;3*1-4(2)3;/q2*+1;3*-2;+4. The summed E-state index contributed by atoms with van der Waals surface area (Å²) in [4.78, 5) is 51.1. The van der Waals surface area contributed by atoms with E-state index >= 15 is 0 Å². The summed E-state index contributed by atoms with van der Waals surface area (Å²) in [6.45, 7) is 0. The molecule has 0 aliphatic heterocycles. The molecule has 0 rings (SSSR count). The van der Waals surface area contributed by atoms with Crippen LogP contribution in [-0.2, 0) is 35.1 Å². The van der Waals surface area contributed by atoms with Crippen LogP contribution in [0.2, 0.25) is 0 Å². The Bertz CT molecular complexity index is 121. The van der Waals surface area contributed by atoms with Crippen molar-refractivity contribution in [2.75, 3.05) is 0 Å². The molecule has 0 aliphatic carbocycles. The summed E-state index contributed by atoms with van der Waals surface area (Å²) < 4.78 is 25.6. The van der Waals surface area contributed by atoms with Gasteiger partial charge in [0.15, 0.2) is 0 Å². The second kappa shape index (κ2) is 30.6. The van der Waals surface area contributed by atoms with E-state index in [-0.39, 0.29) is 160 Å². The number of hydrogen-bond acceptors (Lipinski definition) is 9. The second-order valence-electron chi connectivity index (χ2n) is 0.750. The van der Waals surface area contributed by atoms with Crippen LogP contribution in [0.15, 0.2) is 0 Å². The first-order valence-corrected chi connectivity index (χ1v) is 5.51. The van der Waals surface area contributed by atoms with Gasteiger partial charge in [-0.3, -0.25) is 0 Å². The van der Waals surface area contributed by atoms with Gasteiger partial charge in [0, 0.05) is 27.5 Å². The van der Waals surface area contributed by atoms with Crippen molar-refractivity contribution in [3.8, 4) is 0 Å². The van der Waals surface area contributed by atoms with Gasteiger partial charge in [-0.1, -0.05) is 0 Å².